The number of nitrogens with one attached hydrogen (secondary N) is 1. The maximum absolute atomic E-state index is 13.5. The predicted molar refractivity (Wildman–Crippen MR) is 122 cm³/mol. The lowest BCUT2D eigenvalue weighted by atomic mass is 10.1. The molecule has 1 fully saturated rings. The van der Waals surface area contributed by atoms with Crippen LogP contribution in [0.1, 0.15) is 17.5 Å². The van der Waals surface area contributed by atoms with E-state index in [9.17, 15) is 18.8 Å². The second-order valence-corrected chi connectivity index (χ2v) is 7.87. The third-order valence-electron chi connectivity index (χ3n) is 5.49. The molecular weight excluding hydrogens is 423 g/mol. The number of aromatic nitrogens is 1. The molecule has 4 rings (SSSR count). The van der Waals surface area contributed by atoms with Gasteiger partial charge in [0.2, 0.25) is 5.91 Å². The van der Waals surface area contributed by atoms with Gasteiger partial charge >= 0.3 is 6.03 Å². The first kappa shape index (κ1) is 22.1. The highest BCUT2D eigenvalue weighted by atomic mass is 19.1. The van der Waals surface area contributed by atoms with Gasteiger partial charge in [-0.2, -0.15) is 0 Å². The average Bonchev–Trinajstić information content (AvgIpc) is 3.02. The van der Waals surface area contributed by atoms with Crippen molar-refractivity contribution >= 4 is 29.2 Å². The lowest BCUT2D eigenvalue weighted by molar-refractivity contribution is -0.124. The van der Waals surface area contributed by atoms with Gasteiger partial charge in [0, 0.05) is 24.6 Å². The van der Waals surface area contributed by atoms with Gasteiger partial charge in [0.15, 0.2) is 0 Å². The van der Waals surface area contributed by atoms with Crippen LogP contribution in [0.15, 0.2) is 73.1 Å². The van der Waals surface area contributed by atoms with Crippen LogP contribution in [0, 0.1) is 12.7 Å². The van der Waals surface area contributed by atoms with Crippen LogP contribution in [0.25, 0.3) is 0 Å². The fourth-order valence-electron chi connectivity index (χ4n) is 3.77. The monoisotopic (exact) mass is 446 g/mol. The minimum atomic E-state index is -0.964. The lowest BCUT2D eigenvalue weighted by Crippen LogP contribution is -2.39. The van der Waals surface area contributed by atoms with Gasteiger partial charge in [0.25, 0.3) is 5.91 Å². The number of amides is 4. The van der Waals surface area contributed by atoms with E-state index in [1.807, 2.05) is 31.2 Å². The van der Waals surface area contributed by atoms with E-state index in [1.165, 1.54) is 23.1 Å². The quantitative estimate of drug-likeness (QED) is 0.558. The Labute approximate surface area is 190 Å². The number of nitrogens with zero attached hydrogens (tertiary/aromatic N) is 3. The molecule has 1 N–H and O–H groups in total. The molecule has 0 aliphatic carbocycles. The maximum atomic E-state index is 13.5. The van der Waals surface area contributed by atoms with Gasteiger partial charge in [-0.3, -0.25) is 14.6 Å². The summed E-state index contributed by atoms with van der Waals surface area (Å²) in [5.41, 5.74) is 2.70. The zero-order valence-corrected chi connectivity index (χ0v) is 18.1. The van der Waals surface area contributed by atoms with E-state index in [1.54, 1.807) is 30.6 Å². The molecule has 1 aliphatic heterocycles. The number of urea groups is 1. The molecule has 3 aromatic rings. The van der Waals surface area contributed by atoms with Gasteiger partial charge in [-0.1, -0.05) is 23.8 Å². The van der Waals surface area contributed by atoms with Crippen molar-refractivity contribution in [2.45, 2.75) is 25.8 Å². The minimum absolute atomic E-state index is 0.236. The summed E-state index contributed by atoms with van der Waals surface area (Å²) in [6.45, 7) is 2.17. The average molecular weight is 446 g/mol. The number of hydrogen-bond acceptors (Lipinski definition) is 4. The Balaban J connectivity index is 1.56. The van der Waals surface area contributed by atoms with Crippen molar-refractivity contribution in [1.82, 2.24) is 9.88 Å². The summed E-state index contributed by atoms with van der Waals surface area (Å²) < 4.78 is 13.5. The fourth-order valence-corrected chi connectivity index (χ4v) is 3.77. The Morgan fingerprint density at radius 2 is 1.79 bits per heavy atom. The molecule has 8 heteroatoms. The highest BCUT2D eigenvalue weighted by Crippen LogP contribution is 2.28. The Hall–Kier alpha value is -4.07. The number of pyridine rings is 1. The summed E-state index contributed by atoms with van der Waals surface area (Å²) >= 11 is 0. The van der Waals surface area contributed by atoms with Crippen LogP contribution >= 0.6 is 0 Å². The Kier molecular flexibility index (Phi) is 6.44. The van der Waals surface area contributed by atoms with E-state index in [0.29, 0.717) is 12.1 Å². The second-order valence-electron chi connectivity index (χ2n) is 7.87. The van der Waals surface area contributed by atoms with Crippen molar-refractivity contribution in [1.29, 1.82) is 0 Å². The van der Waals surface area contributed by atoms with Gasteiger partial charge < -0.3 is 10.2 Å². The Bertz CT molecular complexity index is 1170. The van der Waals surface area contributed by atoms with E-state index in [2.05, 4.69) is 10.3 Å². The molecule has 1 atom stereocenters. The predicted octanol–water partition coefficient (Wildman–Crippen LogP) is 3.94. The first-order valence-electron chi connectivity index (χ1n) is 10.6. The maximum Gasteiger partial charge on any atom is 0.332 e. The lowest BCUT2D eigenvalue weighted by Gasteiger charge is -2.21. The summed E-state index contributed by atoms with van der Waals surface area (Å²) in [7, 11) is 0. The van der Waals surface area contributed by atoms with Crippen LogP contribution in [0.2, 0.25) is 0 Å². The molecule has 0 saturated carbocycles. The smallest absolute Gasteiger partial charge is 0.326 e. The van der Waals surface area contributed by atoms with Crippen LogP contribution in [0.3, 0.4) is 0 Å². The molecular formula is C25H23FN4O3. The van der Waals surface area contributed by atoms with Gasteiger partial charge in [0.1, 0.15) is 11.9 Å². The normalized spacial score (nSPS) is 15.8. The highest BCUT2D eigenvalue weighted by molar-refractivity contribution is 6.22. The van der Waals surface area contributed by atoms with E-state index in [-0.39, 0.29) is 18.7 Å². The molecule has 1 saturated heterocycles. The molecule has 1 aromatic heterocycles. The summed E-state index contributed by atoms with van der Waals surface area (Å²) in [5, 5.41) is 2.61. The third kappa shape index (κ3) is 5.06. The van der Waals surface area contributed by atoms with E-state index in [4.69, 9.17) is 0 Å². The molecule has 0 unspecified atom stereocenters. The number of aryl methyl sites for hydroxylation is 1. The second kappa shape index (κ2) is 9.60. The van der Waals surface area contributed by atoms with Crippen molar-refractivity contribution in [2.24, 2.45) is 0 Å². The van der Waals surface area contributed by atoms with Crippen LogP contribution in [-0.4, -0.2) is 40.3 Å². The van der Waals surface area contributed by atoms with Gasteiger partial charge in [-0.15, -0.1) is 0 Å². The van der Waals surface area contributed by atoms with E-state index < -0.39 is 29.7 Å². The van der Waals surface area contributed by atoms with Crippen molar-refractivity contribution in [3.8, 4) is 0 Å². The molecule has 0 spiro atoms. The molecule has 33 heavy (non-hydrogen) atoms. The molecule has 0 radical (unpaired) electrons. The number of carbonyl (C=O) groups excluding carboxylic acids is 3. The number of rotatable bonds is 7. The topological polar surface area (TPSA) is 82.6 Å². The van der Waals surface area contributed by atoms with Crippen LogP contribution in [-0.2, 0) is 16.0 Å². The summed E-state index contributed by atoms with van der Waals surface area (Å²) in [5.74, 6) is -1.43. The van der Waals surface area contributed by atoms with Crippen LogP contribution in [0.4, 0.5) is 20.6 Å². The number of halogens is 1. The third-order valence-corrected chi connectivity index (χ3v) is 5.49. The first-order valence-corrected chi connectivity index (χ1v) is 10.6. The highest BCUT2D eigenvalue weighted by Gasteiger charge is 2.46. The molecule has 2 aromatic carbocycles. The van der Waals surface area contributed by atoms with Gasteiger partial charge in [0.05, 0.1) is 12.1 Å². The molecule has 4 amide bonds. The minimum Gasteiger partial charge on any atom is -0.326 e. The molecule has 1 aliphatic rings. The SMILES string of the molecule is Cc1ccc(N2C(=O)[C@@H](CC(=O)Nc3cccc(F)c3)N(CCc3ccncc3)C2=O)cc1. The molecule has 168 valence electrons. The van der Waals surface area contributed by atoms with E-state index in [0.717, 1.165) is 16.0 Å². The summed E-state index contributed by atoms with van der Waals surface area (Å²) in [6, 6.07) is 14.8. The van der Waals surface area contributed by atoms with E-state index >= 15 is 0 Å². The van der Waals surface area contributed by atoms with Crippen LogP contribution in [0.5, 0.6) is 0 Å². The fraction of sp³-hybridized carbons (Fsp3) is 0.200. The summed E-state index contributed by atoms with van der Waals surface area (Å²) in [4.78, 5) is 45.8. The molecule has 7 nitrogen and oxygen atoms in total. The number of hydrogen-bond donors (Lipinski definition) is 1. The van der Waals surface area contributed by atoms with Gasteiger partial charge in [-0.25, -0.2) is 14.1 Å². The number of imide groups is 1. The van der Waals surface area contributed by atoms with Crippen molar-refractivity contribution in [3.63, 3.8) is 0 Å². The first-order chi connectivity index (χ1) is 15.9. The van der Waals surface area contributed by atoms with Crippen molar-refractivity contribution in [3.05, 3.63) is 90.0 Å². The zero-order chi connectivity index (χ0) is 23.4. The Morgan fingerprint density at radius 1 is 1.06 bits per heavy atom. The Morgan fingerprint density at radius 3 is 2.48 bits per heavy atom. The van der Waals surface area contributed by atoms with Gasteiger partial charge in [-0.05, 0) is 61.4 Å². The largest absolute Gasteiger partial charge is 0.332 e. The number of anilines is 2. The van der Waals surface area contributed by atoms with Crippen molar-refractivity contribution in [2.75, 3.05) is 16.8 Å². The zero-order valence-electron chi connectivity index (χ0n) is 18.1. The molecule has 2 heterocycles. The van der Waals surface area contributed by atoms with Crippen LogP contribution < -0.4 is 10.2 Å². The van der Waals surface area contributed by atoms with Crippen molar-refractivity contribution < 1.29 is 18.8 Å². The standard InChI is InChI=1S/C25H23FN4O3/c1-17-5-7-21(8-6-17)30-24(32)22(16-23(31)28-20-4-2-3-19(26)15-20)29(25(30)33)14-11-18-9-12-27-13-10-18/h2-10,12-13,15,22H,11,14,16H2,1H3,(H,28,31)/t22-/m1/s1. The summed E-state index contributed by atoms with van der Waals surface area (Å²) in [6.07, 6.45) is 3.59. The number of carbonyl (C=O) groups is 3. The molecule has 0 bridgehead atoms. The number of benzene rings is 2.